The number of pyridine rings is 1. The van der Waals surface area contributed by atoms with Gasteiger partial charge >= 0.3 is 0 Å². The van der Waals surface area contributed by atoms with Gasteiger partial charge in [-0.25, -0.2) is 4.98 Å². The van der Waals surface area contributed by atoms with Gasteiger partial charge in [0.25, 0.3) is 5.91 Å². The van der Waals surface area contributed by atoms with Crippen molar-refractivity contribution in [2.75, 3.05) is 33.4 Å². The number of ether oxygens (including phenoxy) is 2. The average Bonchev–Trinajstić information content (AvgIpc) is 3.17. The van der Waals surface area contributed by atoms with E-state index in [9.17, 15) is 4.79 Å². The van der Waals surface area contributed by atoms with E-state index in [1.807, 2.05) is 48.5 Å². The Morgan fingerprint density at radius 3 is 2.66 bits per heavy atom. The maximum absolute atomic E-state index is 13.2. The van der Waals surface area contributed by atoms with Crippen LogP contribution < -0.4 is 4.74 Å². The summed E-state index contributed by atoms with van der Waals surface area (Å²) in [4.78, 5) is 23.3. The molecular weight excluding hydrogens is 366 g/mol. The predicted molar refractivity (Wildman–Crippen MR) is 112 cm³/mol. The molecule has 0 unspecified atom stereocenters. The maximum Gasteiger partial charge on any atom is 0.272 e. The number of fused-ring (bicyclic) bond motifs is 3. The summed E-state index contributed by atoms with van der Waals surface area (Å²) >= 11 is 0. The molecule has 0 radical (unpaired) electrons. The topological polar surface area (TPSA) is 67.4 Å². The van der Waals surface area contributed by atoms with Gasteiger partial charge in [0.15, 0.2) is 0 Å². The number of hydrogen-bond donors (Lipinski definition) is 1. The summed E-state index contributed by atoms with van der Waals surface area (Å²) in [7, 11) is 1.64. The number of aromatic nitrogens is 2. The molecule has 146 valence electrons. The second kappa shape index (κ2) is 7.22. The van der Waals surface area contributed by atoms with Crippen LogP contribution in [0.1, 0.15) is 10.5 Å². The number of carbonyl (C=O) groups is 1. The largest absolute Gasteiger partial charge is 0.496 e. The lowest BCUT2D eigenvalue weighted by Crippen LogP contribution is -2.41. The summed E-state index contributed by atoms with van der Waals surface area (Å²) in [5.74, 6) is 0.646. The van der Waals surface area contributed by atoms with Gasteiger partial charge in [-0.15, -0.1) is 0 Å². The van der Waals surface area contributed by atoms with E-state index in [1.54, 1.807) is 12.0 Å². The van der Waals surface area contributed by atoms with Gasteiger partial charge in [0.2, 0.25) is 0 Å². The minimum atomic E-state index is -0.0726. The second-order valence-electron chi connectivity index (χ2n) is 7.05. The Bertz CT molecular complexity index is 1210. The quantitative estimate of drug-likeness (QED) is 0.580. The van der Waals surface area contributed by atoms with E-state index in [0.717, 1.165) is 33.1 Å². The van der Waals surface area contributed by atoms with Crippen LogP contribution in [0.3, 0.4) is 0 Å². The van der Waals surface area contributed by atoms with Gasteiger partial charge < -0.3 is 19.4 Å². The van der Waals surface area contributed by atoms with Gasteiger partial charge in [-0.05, 0) is 24.3 Å². The van der Waals surface area contributed by atoms with Crippen molar-refractivity contribution in [3.05, 3.63) is 60.3 Å². The minimum absolute atomic E-state index is 0.0726. The van der Waals surface area contributed by atoms with Crippen LogP contribution in [0.2, 0.25) is 0 Å². The van der Waals surface area contributed by atoms with Gasteiger partial charge in [0.1, 0.15) is 11.4 Å². The van der Waals surface area contributed by atoms with Gasteiger partial charge in [-0.1, -0.05) is 30.3 Å². The van der Waals surface area contributed by atoms with Crippen LogP contribution in [0.15, 0.2) is 54.6 Å². The first-order valence-electron chi connectivity index (χ1n) is 9.68. The third kappa shape index (κ3) is 3.02. The van der Waals surface area contributed by atoms with E-state index in [-0.39, 0.29) is 5.91 Å². The van der Waals surface area contributed by atoms with Gasteiger partial charge in [0.05, 0.1) is 31.5 Å². The Morgan fingerprint density at radius 2 is 1.83 bits per heavy atom. The highest BCUT2D eigenvalue weighted by Crippen LogP contribution is 2.36. The summed E-state index contributed by atoms with van der Waals surface area (Å²) in [6.45, 7) is 2.27. The van der Waals surface area contributed by atoms with Crippen LogP contribution in [0.25, 0.3) is 33.1 Å². The molecule has 29 heavy (non-hydrogen) atoms. The van der Waals surface area contributed by atoms with E-state index >= 15 is 0 Å². The second-order valence-corrected chi connectivity index (χ2v) is 7.05. The van der Waals surface area contributed by atoms with Crippen LogP contribution >= 0.6 is 0 Å². The van der Waals surface area contributed by atoms with Crippen molar-refractivity contribution >= 4 is 27.7 Å². The van der Waals surface area contributed by atoms with Gasteiger partial charge in [-0.3, -0.25) is 4.79 Å². The molecule has 4 aromatic rings. The highest BCUT2D eigenvalue weighted by atomic mass is 16.5. The first kappa shape index (κ1) is 17.7. The molecule has 5 rings (SSSR count). The van der Waals surface area contributed by atoms with E-state index in [4.69, 9.17) is 14.5 Å². The molecule has 1 N–H and O–H groups in total. The average molecular weight is 387 g/mol. The zero-order chi connectivity index (χ0) is 19.8. The highest BCUT2D eigenvalue weighted by Gasteiger charge is 2.23. The van der Waals surface area contributed by atoms with Crippen LogP contribution in [0.4, 0.5) is 0 Å². The molecule has 6 heteroatoms. The number of rotatable bonds is 3. The zero-order valence-electron chi connectivity index (χ0n) is 16.1. The van der Waals surface area contributed by atoms with Crippen LogP contribution in [-0.4, -0.2) is 54.2 Å². The van der Waals surface area contributed by atoms with Crippen LogP contribution in [0.5, 0.6) is 5.75 Å². The summed E-state index contributed by atoms with van der Waals surface area (Å²) in [5, 5.41) is 2.05. The third-order valence-electron chi connectivity index (χ3n) is 5.38. The summed E-state index contributed by atoms with van der Waals surface area (Å²) < 4.78 is 11.0. The van der Waals surface area contributed by atoms with E-state index in [2.05, 4.69) is 11.1 Å². The Labute approximate surface area is 168 Å². The summed E-state index contributed by atoms with van der Waals surface area (Å²) in [6, 6.07) is 17.7. The van der Waals surface area contributed by atoms with Crippen molar-refractivity contribution < 1.29 is 14.3 Å². The fourth-order valence-corrected chi connectivity index (χ4v) is 3.92. The molecule has 3 heterocycles. The van der Waals surface area contributed by atoms with E-state index < -0.39 is 0 Å². The first-order chi connectivity index (χ1) is 14.3. The SMILES string of the molecule is COc1ccccc1-c1nc(C(=O)N2CCOCC2)cc2c1[nH]c1ccccc12. The molecule has 6 nitrogen and oxygen atoms in total. The van der Waals surface area contributed by atoms with Crippen molar-refractivity contribution in [1.82, 2.24) is 14.9 Å². The zero-order valence-corrected chi connectivity index (χ0v) is 16.1. The van der Waals surface area contributed by atoms with Crippen molar-refractivity contribution in [3.8, 4) is 17.0 Å². The molecule has 0 aliphatic carbocycles. The number of aromatic amines is 1. The van der Waals surface area contributed by atoms with Crippen molar-refractivity contribution in [2.45, 2.75) is 0 Å². The molecule has 1 aliphatic rings. The fraction of sp³-hybridized carbons (Fsp3) is 0.217. The Balaban J connectivity index is 1.77. The lowest BCUT2D eigenvalue weighted by molar-refractivity contribution is 0.0299. The van der Waals surface area contributed by atoms with E-state index in [1.165, 1.54) is 0 Å². The number of morpholine rings is 1. The molecule has 0 bridgehead atoms. The molecule has 1 fully saturated rings. The number of para-hydroxylation sites is 2. The first-order valence-corrected chi connectivity index (χ1v) is 9.68. The molecule has 0 spiro atoms. The van der Waals surface area contributed by atoms with Crippen molar-refractivity contribution in [1.29, 1.82) is 0 Å². The highest BCUT2D eigenvalue weighted by molar-refractivity contribution is 6.13. The monoisotopic (exact) mass is 387 g/mol. The number of benzene rings is 2. The van der Waals surface area contributed by atoms with Gasteiger partial charge in [-0.2, -0.15) is 0 Å². The molecule has 1 aliphatic heterocycles. The van der Waals surface area contributed by atoms with Crippen LogP contribution in [-0.2, 0) is 4.74 Å². The number of hydrogen-bond acceptors (Lipinski definition) is 4. The molecule has 0 atom stereocenters. The molecule has 1 amide bonds. The number of nitrogens with zero attached hydrogens (tertiary/aromatic N) is 2. The van der Waals surface area contributed by atoms with E-state index in [0.29, 0.717) is 37.7 Å². The Morgan fingerprint density at radius 1 is 1.07 bits per heavy atom. The normalized spacial score (nSPS) is 14.4. The minimum Gasteiger partial charge on any atom is -0.496 e. The molecular formula is C23H21N3O3. The lowest BCUT2D eigenvalue weighted by Gasteiger charge is -2.26. The molecule has 2 aromatic heterocycles. The third-order valence-corrected chi connectivity index (χ3v) is 5.38. The standard InChI is InChI=1S/C23H21N3O3/c1-28-20-9-5-3-7-16(20)21-22-17(15-6-2-4-8-18(15)24-22)14-19(25-21)23(27)26-10-12-29-13-11-26/h2-9,14,24H,10-13H2,1H3. The summed E-state index contributed by atoms with van der Waals surface area (Å²) in [5.41, 5.74) is 3.91. The Kier molecular flexibility index (Phi) is 4.41. The number of nitrogens with one attached hydrogen (secondary N) is 1. The van der Waals surface area contributed by atoms with Crippen molar-refractivity contribution in [2.24, 2.45) is 0 Å². The lowest BCUT2D eigenvalue weighted by atomic mass is 10.1. The smallest absolute Gasteiger partial charge is 0.272 e. The predicted octanol–water partition coefficient (Wildman–Crippen LogP) is 3.86. The fourth-order valence-electron chi connectivity index (χ4n) is 3.92. The molecule has 1 saturated heterocycles. The summed E-state index contributed by atoms with van der Waals surface area (Å²) in [6.07, 6.45) is 0. The number of amides is 1. The molecule has 2 aromatic carbocycles. The molecule has 0 saturated carbocycles. The van der Waals surface area contributed by atoms with Gasteiger partial charge in [0, 0.05) is 34.9 Å². The Hall–Kier alpha value is -3.38. The number of carbonyl (C=O) groups excluding carboxylic acids is 1. The number of H-pyrrole nitrogens is 1. The van der Waals surface area contributed by atoms with Crippen LogP contribution in [0, 0.1) is 0 Å². The number of methoxy groups -OCH3 is 1. The maximum atomic E-state index is 13.2. The van der Waals surface area contributed by atoms with Crippen molar-refractivity contribution in [3.63, 3.8) is 0 Å².